The van der Waals surface area contributed by atoms with Crippen LogP contribution in [0.5, 0.6) is 0 Å². The predicted octanol–water partition coefficient (Wildman–Crippen LogP) is 5.62. The van der Waals surface area contributed by atoms with Gasteiger partial charge in [-0.15, -0.1) is 0 Å². The molecule has 2 aromatic rings. The number of aromatic nitrogens is 1. The molecule has 2 saturated heterocycles. The Morgan fingerprint density at radius 1 is 1.06 bits per heavy atom. The Morgan fingerprint density at radius 3 is 2.53 bits per heavy atom. The van der Waals surface area contributed by atoms with Crippen LogP contribution >= 0.6 is 43.5 Å². The summed E-state index contributed by atoms with van der Waals surface area (Å²) in [5, 5.41) is 0.772. The number of amides is 1. The number of carbonyl (C=O) groups excluding carboxylic acids is 1. The van der Waals surface area contributed by atoms with Crippen LogP contribution in [0.4, 0.5) is 0 Å². The summed E-state index contributed by atoms with van der Waals surface area (Å²) in [5.41, 5.74) is 5.15. The monoisotopic (exact) mass is 578 g/mol. The van der Waals surface area contributed by atoms with E-state index in [0.29, 0.717) is 23.7 Å². The van der Waals surface area contributed by atoms with Gasteiger partial charge in [-0.25, -0.2) is 0 Å². The number of halogens is 3. The number of carbonyl (C=O) groups is 1. The Labute approximate surface area is 210 Å². The highest BCUT2D eigenvalue weighted by atomic mass is 79.9. The van der Waals surface area contributed by atoms with E-state index in [1.807, 2.05) is 12.3 Å². The van der Waals surface area contributed by atoms with Crippen LogP contribution in [0.3, 0.4) is 0 Å². The lowest BCUT2D eigenvalue weighted by molar-refractivity contribution is -0.135. The predicted molar refractivity (Wildman–Crippen MR) is 131 cm³/mol. The number of benzene rings is 1. The lowest BCUT2D eigenvalue weighted by Gasteiger charge is -2.37. The summed E-state index contributed by atoms with van der Waals surface area (Å²) < 4.78 is 7.58. The highest BCUT2D eigenvalue weighted by Gasteiger charge is 2.59. The number of rotatable bonds is 2. The van der Waals surface area contributed by atoms with Gasteiger partial charge in [-0.05, 0) is 94.3 Å². The van der Waals surface area contributed by atoms with Crippen LogP contribution in [0.2, 0.25) is 5.02 Å². The summed E-state index contributed by atoms with van der Waals surface area (Å²) in [6, 6.07) is 6.37. The van der Waals surface area contributed by atoms with Gasteiger partial charge in [-0.1, -0.05) is 27.5 Å². The van der Waals surface area contributed by atoms with Gasteiger partial charge in [0.15, 0.2) is 0 Å². The van der Waals surface area contributed by atoms with E-state index in [-0.39, 0.29) is 11.8 Å². The van der Waals surface area contributed by atoms with Crippen molar-refractivity contribution in [1.82, 2.24) is 9.88 Å². The number of aryl methyl sites for hydroxylation is 2. The fourth-order valence-corrected chi connectivity index (χ4v) is 7.80. The van der Waals surface area contributed by atoms with Crippen LogP contribution in [0, 0.1) is 23.7 Å². The van der Waals surface area contributed by atoms with Crippen molar-refractivity contribution in [2.24, 2.45) is 23.7 Å². The molecule has 32 heavy (non-hydrogen) atoms. The molecule has 3 heterocycles. The van der Waals surface area contributed by atoms with Crippen LogP contribution < -0.4 is 0 Å². The number of likely N-dealkylation sites (tertiary alicyclic amines) is 1. The van der Waals surface area contributed by atoms with Gasteiger partial charge in [-0.3, -0.25) is 9.78 Å². The summed E-state index contributed by atoms with van der Waals surface area (Å²) in [7, 11) is 0. The smallest absolute Gasteiger partial charge is 0.226 e. The van der Waals surface area contributed by atoms with Gasteiger partial charge in [0.1, 0.15) is 0 Å². The summed E-state index contributed by atoms with van der Waals surface area (Å²) >= 11 is 13.9. The molecular formula is C25H25Br2ClN2O2. The first kappa shape index (κ1) is 21.6. The number of ether oxygens (including phenoxy) is 1. The molecule has 2 aliphatic carbocycles. The van der Waals surface area contributed by atoms with Crippen molar-refractivity contribution in [1.29, 1.82) is 0 Å². The average molecular weight is 581 g/mol. The molecular weight excluding hydrogens is 556 g/mol. The molecule has 0 spiro atoms. The zero-order valence-electron chi connectivity index (χ0n) is 17.7. The van der Waals surface area contributed by atoms with Crippen molar-refractivity contribution in [2.75, 3.05) is 26.3 Å². The first-order valence-corrected chi connectivity index (χ1v) is 13.5. The molecule has 2 aliphatic heterocycles. The van der Waals surface area contributed by atoms with Crippen molar-refractivity contribution < 1.29 is 9.53 Å². The second kappa shape index (κ2) is 8.37. The largest absolute Gasteiger partial charge is 0.381 e. The second-order valence-corrected chi connectivity index (χ2v) is 11.9. The van der Waals surface area contributed by atoms with Crippen LogP contribution in [0.15, 0.2) is 33.3 Å². The van der Waals surface area contributed by atoms with Crippen molar-refractivity contribution in [3.05, 3.63) is 60.7 Å². The standard InChI is InChI=1S/C25H25Br2ClN2O2/c26-16-7-15-2-1-14-8-17(28)9-20(27)21(14)22(24(15)29-10-16)13-3-5-30(6-4-13)25(31)23-18-11-32-12-19(18)23/h7-10,13,18-19,22-23H,1-6,11-12H2/t18-,19+,22-,23?/m1/s1. The molecule has 168 valence electrons. The van der Waals surface area contributed by atoms with E-state index >= 15 is 0 Å². The topological polar surface area (TPSA) is 42.4 Å². The van der Waals surface area contributed by atoms with Crippen molar-refractivity contribution in [3.8, 4) is 0 Å². The maximum Gasteiger partial charge on any atom is 0.226 e. The van der Waals surface area contributed by atoms with Gasteiger partial charge in [0.25, 0.3) is 0 Å². The fourth-order valence-electron chi connectivity index (χ4n) is 6.30. The van der Waals surface area contributed by atoms with E-state index in [4.69, 9.17) is 21.3 Å². The molecule has 4 aliphatic rings. The van der Waals surface area contributed by atoms with E-state index in [1.165, 1.54) is 22.4 Å². The number of hydrogen-bond acceptors (Lipinski definition) is 3. The van der Waals surface area contributed by atoms with Crippen molar-refractivity contribution in [2.45, 2.75) is 31.6 Å². The number of hydrogen-bond donors (Lipinski definition) is 0. The van der Waals surface area contributed by atoms with Gasteiger partial charge >= 0.3 is 0 Å². The maximum absolute atomic E-state index is 13.1. The number of pyridine rings is 1. The molecule has 6 rings (SSSR count). The van der Waals surface area contributed by atoms with E-state index in [2.05, 4.69) is 48.9 Å². The van der Waals surface area contributed by atoms with E-state index < -0.39 is 0 Å². The zero-order valence-corrected chi connectivity index (χ0v) is 21.6. The van der Waals surface area contributed by atoms with Crippen LogP contribution in [0.25, 0.3) is 0 Å². The van der Waals surface area contributed by atoms with Crippen molar-refractivity contribution >= 4 is 49.4 Å². The first-order valence-electron chi connectivity index (χ1n) is 11.5. The van der Waals surface area contributed by atoms with E-state index in [9.17, 15) is 4.79 Å². The van der Waals surface area contributed by atoms with Crippen LogP contribution in [-0.2, 0) is 22.4 Å². The van der Waals surface area contributed by atoms with Crippen molar-refractivity contribution in [3.63, 3.8) is 0 Å². The molecule has 1 unspecified atom stereocenters. The molecule has 4 atom stereocenters. The highest BCUT2D eigenvalue weighted by molar-refractivity contribution is 9.10. The quantitative estimate of drug-likeness (QED) is 0.463. The average Bonchev–Trinajstić information content (AvgIpc) is 3.31. The SMILES string of the molecule is O=C(C1[C@H]2COC[C@@H]12)N1CCC([C@H]2c3ncc(Br)cc3CCc3cc(Cl)cc(Br)c32)CC1. The third-order valence-corrected chi connectivity index (χ3v) is 9.29. The minimum absolute atomic E-state index is 0.216. The molecule has 0 N–H and O–H groups in total. The lowest BCUT2D eigenvalue weighted by Crippen LogP contribution is -2.41. The molecule has 1 aromatic carbocycles. The third-order valence-electron chi connectivity index (χ3n) is 7.98. The number of piperidine rings is 1. The van der Waals surface area contributed by atoms with E-state index in [0.717, 1.165) is 66.0 Å². The zero-order chi connectivity index (χ0) is 22.0. The summed E-state index contributed by atoms with van der Waals surface area (Å²) in [4.78, 5) is 20.1. The number of fused-ring (bicyclic) bond motifs is 3. The molecule has 7 heteroatoms. The van der Waals surface area contributed by atoms with Gasteiger partial charge in [-0.2, -0.15) is 0 Å². The lowest BCUT2D eigenvalue weighted by atomic mass is 9.76. The highest BCUT2D eigenvalue weighted by Crippen LogP contribution is 2.52. The second-order valence-electron chi connectivity index (χ2n) is 9.69. The van der Waals surface area contributed by atoms with E-state index in [1.54, 1.807) is 0 Å². The molecule has 1 aromatic heterocycles. The minimum atomic E-state index is 0.216. The minimum Gasteiger partial charge on any atom is -0.381 e. The normalized spacial score (nSPS) is 29.2. The van der Waals surface area contributed by atoms with Gasteiger partial charge in [0.05, 0.1) is 18.9 Å². The first-order chi connectivity index (χ1) is 15.5. The van der Waals surface area contributed by atoms with Gasteiger partial charge < -0.3 is 9.64 Å². The Morgan fingerprint density at radius 2 is 1.78 bits per heavy atom. The van der Waals surface area contributed by atoms with Crippen LogP contribution in [0.1, 0.15) is 41.1 Å². The summed E-state index contributed by atoms with van der Waals surface area (Å²) in [6.07, 6.45) is 5.84. The Hall–Kier alpha value is -0.950. The fraction of sp³-hybridized carbons (Fsp3) is 0.520. The van der Waals surface area contributed by atoms with Gasteiger partial charge in [0.2, 0.25) is 5.91 Å². The molecule has 0 radical (unpaired) electrons. The number of nitrogens with zero attached hydrogens (tertiary/aromatic N) is 2. The Balaban J connectivity index is 1.29. The Bertz CT molecular complexity index is 1080. The maximum atomic E-state index is 13.1. The Kier molecular flexibility index (Phi) is 5.64. The molecule has 3 fully saturated rings. The summed E-state index contributed by atoms with van der Waals surface area (Å²) in [5.74, 6) is 2.19. The molecule has 1 saturated carbocycles. The summed E-state index contributed by atoms with van der Waals surface area (Å²) in [6.45, 7) is 3.21. The van der Waals surface area contributed by atoms with Crippen LogP contribution in [-0.4, -0.2) is 42.1 Å². The third kappa shape index (κ3) is 3.66. The van der Waals surface area contributed by atoms with Gasteiger partial charge in [0, 0.05) is 45.1 Å². The molecule has 1 amide bonds. The molecule has 4 nitrogen and oxygen atoms in total. The molecule has 0 bridgehead atoms.